The SMILES string of the molecule is NC(N)=NCc1ccc(C(=O)NCCC(=O)N2CCC(C(=O)O)CC2)cc1. The number of nitrogens with zero attached hydrogens (tertiary/aromatic N) is 2. The summed E-state index contributed by atoms with van der Waals surface area (Å²) < 4.78 is 0. The van der Waals surface area contributed by atoms with Crippen molar-refractivity contribution in [2.45, 2.75) is 25.8 Å². The third-order valence-electron chi connectivity index (χ3n) is 4.48. The molecule has 1 heterocycles. The zero-order valence-electron chi connectivity index (χ0n) is 15.1. The van der Waals surface area contributed by atoms with E-state index in [1.54, 1.807) is 29.2 Å². The van der Waals surface area contributed by atoms with Crippen molar-refractivity contribution in [1.82, 2.24) is 10.2 Å². The molecule has 0 atom stereocenters. The summed E-state index contributed by atoms with van der Waals surface area (Å²) in [6.07, 6.45) is 1.13. The van der Waals surface area contributed by atoms with Gasteiger partial charge < -0.3 is 26.8 Å². The summed E-state index contributed by atoms with van der Waals surface area (Å²) in [7, 11) is 0. The molecule has 0 bridgehead atoms. The van der Waals surface area contributed by atoms with Gasteiger partial charge in [-0.15, -0.1) is 0 Å². The number of nitrogens with two attached hydrogens (primary N) is 2. The van der Waals surface area contributed by atoms with Crippen LogP contribution in [0, 0.1) is 5.92 Å². The molecule has 1 aromatic carbocycles. The molecule has 0 aliphatic carbocycles. The molecule has 1 aliphatic rings. The molecule has 0 saturated carbocycles. The highest BCUT2D eigenvalue weighted by Crippen LogP contribution is 2.17. The van der Waals surface area contributed by atoms with Crippen LogP contribution in [0.25, 0.3) is 0 Å². The lowest BCUT2D eigenvalue weighted by Gasteiger charge is -2.30. The van der Waals surface area contributed by atoms with Gasteiger partial charge in [0.2, 0.25) is 5.91 Å². The lowest BCUT2D eigenvalue weighted by atomic mass is 9.97. The van der Waals surface area contributed by atoms with Crippen LogP contribution in [0.15, 0.2) is 29.3 Å². The summed E-state index contributed by atoms with van der Waals surface area (Å²) >= 11 is 0. The van der Waals surface area contributed by atoms with Gasteiger partial charge in [-0.25, -0.2) is 4.99 Å². The Morgan fingerprint density at radius 3 is 2.33 bits per heavy atom. The number of carbonyl (C=O) groups is 3. The zero-order chi connectivity index (χ0) is 19.8. The van der Waals surface area contributed by atoms with E-state index >= 15 is 0 Å². The van der Waals surface area contributed by atoms with Crippen molar-refractivity contribution in [1.29, 1.82) is 0 Å². The number of benzene rings is 1. The molecule has 6 N–H and O–H groups in total. The van der Waals surface area contributed by atoms with Gasteiger partial charge >= 0.3 is 5.97 Å². The number of likely N-dealkylation sites (tertiary alicyclic amines) is 1. The van der Waals surface area contributed by atoms with Crippen LogP contribution in [0.2, 0.25) is 0 Å². The second kappa shape index (κ2) is 9.56. The van der Waals surface area contributed by atoms with Crippen LogP contribution in [0.1, 0.15) is 35.2 Å². The van der Waals surface area contributed by atoms with E-state index in [2.05, 4.69) is 10.3 Å². The van der Waals surface area contributed by atoms with Gasteiger partial charge in [0, 0.05) is 31.6 Å². The Labute approximate surface area is 157 Å². The Morgan fingerprint density at radius 2 is 1.78 bits per heavy atom. The smallest absolute Gasteiger partial charge is 0.306 e. The molecule has 1 aliphatic heterocycles. The third kappa shape index (κ3) is 6.28. The second-order valence-electron chi connectivity index (χ2n) is 6.44. The van der Waals surface area contributed by atoms with Gasteiger partial charge in [-0.05, 0) is 30.5 Å². The molecular formula is C18H25N5O4. The lowest BCUT2D eigenvalue weighted by molar-refractivity contribution is -0.145. The fraction of sp³-hybridized carbons (Fsp3) is 0.444. The van der Waals surface area contributed by atoms with Crippen LogP contribution in [0.3, 0.4) is 0 Å². The fourth-order valence-corrected chi connectivity index (χ4v) is 2.86. The topological polar surface area (TPSA) is 151 Å². The van der Waals surface area contributed by atoms with Gasteiger partial charge in [-0.1, -0.05) is 12.1 Å². The Hall–Kier alpha value is -3.10. The summed E-state index contributed by atoms with van der Waals surface area (Å²) in [5.74, 6) is -1.51. The molecule has 0 radical (unpaired) electrons. The Bertz CT molecular complexity index is 705. The minimum Gasteiger partial charge on any atom is -0.481 e. The Morgan fingerprint density at radius 1 is 1.15 bits per heavy atom. The molecule has 2 amide bonds. The van der Waals surface area contributed by atoms with Crippen molar-refractivity contribution >= 4 is 23.7 Å². The predicted molar refractivity (Wildman–Crippen MR) is 99.8 cm³/mol. The van der Waals surface area contributed by atoms with E-state index in [4.69, 9.17) is 16.6 Å². The maximum Gasteiger partial charge on any atom is 0.306 e. The molecule has 0 spiro atoms. The fourth-order valence-electron chi connectivity index (χ4n) is 2.86. The Balaban J connectivity index is 1.73. The number of carbonyl (C=O) groups excluding carboxylic acids is 2. The van der Waals surface area contributed by atoms with Gasteiger partial charge in [0.15, 0.2) is 5.96 Å². The van der Waals surface area contributed by atoms with E-state index in [-0.39, 0.29) is 36.7 Å². The molecule has 27 heavy (non-hydrogen) atoms. The number of guanidine groups is 1. The minimum absolute atomic E-state index is 0.00803. The van der Waals surface area contributed by atoms with Crippen LogP contribution in [0.5, 0.6) is 0 Å². The minimum atomic E-state index is -0.807. The van der Waals surface area contributed by atoms with E-state index in [1.165, 1.54) is 0 Å². The van der Waals surface area contributed by atoms with Gasteiger partial charge in [-0.3, -0.25) is 14.4 Å². The first-order chi connectivity index (χ1) is 12.9. The molecule has 0 unspecified atom stereocenters. The monoisotopic (exact) mass is 375 g/mol. The van der Waals surface area contributed by atoms with Crippen molar-refractivity contribution in [3.8, 4) is 0 Å². The van der Waals surface area contributed by atoms with Crippen molar-refractivity contribution < 1.29 is 19.5 Å². The molecule has 1 aromatic rings. The van der Waals surface area contributed by atoms with Crippen LogP contribution in [-0.4, -0.2) is 53.4 Å². The molecule has 1 saturated heterocycles. The van der Waals surface area contributed by atoms with E-state index in [9.17, 15) is 14.4 Å². The van der Waals surface area contributed by atoms with Crippen LogP contribution in [-0.2, 0) is 16.1 Å². The highest BCUT2D eigenvalue weighted by Gasteiger charge is 2.26. The summed E-state index contributed by atoms with van der Waals surface area (Å²) in [5, 5.41) is 11.7. The van der Waals surface area contributed by atoms with E-state index in [0.29, 0.717) is 38.0 Å². The highest BCUT2D eigenvalue weighted by atomic mass is 16.4. The zero-order valence-corrected chi connectivity index (χ0v) is 15.1. The number of hydrogen-bond acceptors (Lipinski definition) is 4. The quantitative estimate of drug-likeness (QED) is 0.386. The average molecular weight is 375 g/mol. The van der Waals surface area contributed by atoms with Crippen molar-refractivity contribution in [3.63, 3.8) is 0 Å². The molecular weight excluding hydrogens is 350 g/mol. The number of hydrogen-bond donors (Lipinski definition) is 4. The molecule has 146 valence electrons. The summed E-state index contributed by atoms with van der Waals surface area (Å²) in [6.45, 7) is 1.46. The predicted octanol–water partition coefficient (Wildman–Crippen LogP) is -0.0969. The third-order valence-corrected chi connectivity index (χ3v) is 4.48. The first-order valence-corrected chi connectivity index (χ1v) is 8.80. The van der Waals surface area contributed by atoms with Crippen LogP contribution < -0.4 is 16.8 Å². The number of amides is 2. The standard InChI is InChI=1S/C18H25N5O4/c19-18(20)22-11-12-1-3-13(4-2-12)16(25)21-8-5-15(24)23-9-6-14(7-10-23)17(26)27/h1-4,14H,5-11H2,(H,21,25)(H,26,27)(H4,19,20,22). The largest absolute Gasteiger partial charge is 0.481 e. The molecule has 9 heteroatoms. The van der Waals surface area contributed by atoms with Gasteiger partial charge in [0.1, 0.15) is 0 Å². The summed E-state index contributed by atoms with van der Waals surface area (Å²) in [4.78, 5) is 40.8. The van der Waals surface area contributed by atoms with Gasteiger partial charge in [0.05, 0.1) is 12.5 Å². The van der Waals surface area contributed by atoms with Gasteiger partial charge in [0.25, 0.3) is 5.91 Å². The molecule has 0 aromatic heterocycles. The second-order valence-corrected chi connectivity index (χ2v) is 6.44. The lowest BCUT2D eigenvalue weighted by Crippen LogP contribution is -2.41. The average Bonchev–Trinajstić information content (AvgIpc) is 2.66. The van der Waals surface area contributed by atoms with Crippen molar-refractivity contribution in [2.24, 2.45) is 22.4 Å². The molecule has 1 fully saturated rings. The molecule has 9 nitrogen and oxygen atoms in total. The normalized spacial score (nSPS) is 14.4. The number of aliphatic imine (C=N–C) groups is 1. The van der Waals surface area contributed by atoms with E-state index < -0.39 is 5.97 Å². The highest BCUT2D eigenvalue weighted by molar-refractivity contribution is 5.94. The number of piperidine rings is 1. The number of carboxylic acids is 1. The summed E-state index contributed by atoms with van der Waals surface area (Å²) in [6, 6.07) is 6.87. The number of aliphatic carboxylic acids is 1. The first kappa shape index (κ1) is 20.2. The maximum atomic E-state index is 12.2. The van der Waals surface area contributed by atoms with Crippen molar-refractivity contribution in [3.05, 3.63) is 35.4 Å². The van der Waals surface area contributed by atoms with Gasteiger partial charge in [-0.2, -0.15) is 0 Å². The number of carboxylic acid groups (broad SMARTS) is 1. The van der Waals surface area contributed by atoms with Crippen LogP contribution in [0.4, 0.5) is 0 Å². The maximum absolute atomic E-state index is 12.2. The van der Waals surface area contributed by atoms with Crippen molar-refractivity contribution in [2.75, 3.05) is 19.6 Å². The van der Waals surface area contributed by atoms with E-state index in [0.717, 1.165) is 5.56 Å². The molecule has 2 rings (SSSR count). The number of nitrogens with one attached hydrogen (secondary N) is 1. The first-order valence-electron chi connectivity index (χ1n) is 8.80. The number of rotatable bonds is 7. The van der Waals surface area contributed by atoms with Crippen LogP contribution >= 0.6 is 0 Å². The Kier molecular flexibility index (Phi) is 7.16. The van der Waals surface area contributed by atoms with E-state index in [1.807, 2.05) is 0 Å². The summed E-state index contributed by atoms with van der Waals surface area (Å²) in [5.41, 5.74) is 11.9.